The molecule has 5 aromatic carbocycles. The molecule has 0 amide bonds. The molecule has 412 valence electrons. The van der Waals surface area contributed by atoms with Crippen molar-refractivity contribution in [2.45, 2.75) is 172 Å². The van der Waals surface area contributed by atoms with Crippen LogP contribution in [-0.4, -0.2) is 80.3 Å². The number of carbonyl (C=O) groups is 1. The van der Waals surface area contributed by atoms with Gasteiger partial charge in [-0.15, -0.1) is 6.58 Å². The number of hydrogen-bond donors (Lipinski definition) is 0. The number of methoxy groups -OCH3 is 1. The maximum absolute atomic E-state index is 15.6. The minimum absolute atomic E-state index is 0.00767. The van der Waals surface area contributed by atoms with Crippen LogP contribution in [0.2, 0.25) is 23.2 Å². The number of benzene rings is 5. The lowest BCUT2D eigenvalue weighted by molar-refractivity contribution is -0.154. The minimum Gasteiger partial charge on any atom is -0.497 e. The second kappa shape index (κ2) is 27.4. The maximum atomic E-state index is 15.6. The summed E-state index contributed by atoms with van der Waals surface area (Å²) in [4.78, 5) is 15.7. The van der Waals surface area contributed by atoms with Crippen LogP contribution >= 0.6 is 0 Å². The number of rotatable bonds is 29. The molecule has 1 aliphatic heterocycles. The molecule has 0 N–H and O–H groups in total. The lowest BCUT2D eigenvalue weighted by Crippen LogP contribution is -2.67. The van der Waals surface area contributed by atoms with Crippen molar-refractivity contribution < 1.29 is 41.0 Å². The first-order valence-electron chi connectivity index (χ1n) is 27.7. The lowest BCUT2D eigenvalue weighted by atomic mass is 9.76. The van der Waals surface area contributed by atoms with Gasteiger partial charge in [-0.25, -0.2) is 8.42 Å². The molecule has 0 aliphatic carbocycles. The Hall–Kier alpha value is -4.51. The van der Waals surface area contributed by atoms with Crippen molar-refractivity contribution in [3.05, 3.63) is 169 Å². The van der Waals surface area contributed by atoms with Crippen molar-refractivity contribution in [3.8, 4) is 5.75 Å². The summed E-state index contributed by atoms with van der Waals surface area (Å²) in [6, 6.07) is 50.3. The van der Waals surface area contributed by atoms with E-state index in [1.807, 2.05) is 67.6 Å². The highest BCUT2D eigenvalue weighted by molar-refractivity contribution is 7.92. The van der Waals surface area contributed by atoms with Gasteiger partial charge < -0.3 is 27.8 Å². The first-order chi connectivity index (χ1) is 36.3. The molecule has 12 heteroatoms. The Bertz CT molecular complexity index is 2590. The fourth-order valence-electron chi connectivity index (χ4n) is 11.3. The molecule has 0 spiro atoms. The quantitative estimate of drug-likeness (QED) is 0.0342. The molecule has 1 saturated heterocycles. The third-order valence-electron chi connectivity index (χ3n) is 16.5. The highest BCUT2D eigenvalue weighted by Crippen LogP contribution is 2.43. The van der Waals surface area contributed by atoms with Gasteiger partial charge in [0.25, 0.3) is 8.32 Å². The fraction of sp³-hybridized carbons (Fsp3) is 0.484. The molecule has 6 rings (SSSR count). The normalized spacial score (nSPS) is 19.3. The zero-order valence-corrected chi connectivity index (χ0v) is 50.2. The molecule has 0 radical (unpaired) electrons. The monoisotopic (exact) mass is 1090 g/mol. The highest BCUT2D eigenvalue weighted by atomic mass is 32.2. The maximum Gasteiger partial charge on any atom is 0.261 e. The van der Waals surface area contributed by atoms with E-state index < -0.39 is 61.4 Å². The van der Waals surface area contributed by atoms with Crippen LogP contribution in [0.3, 0.4) is 0 Å². The summed E-state index contributed by atoms with van der Waals surface area (Å²) in [5.41, 5.74) is 1.21. The number of hydrogen-bond acceptors (Lipinski definition) is 9. The third-order valence-corrected chi connectivity index (χ3v) is 28.3. The third kappa shape index (κ3) is 14.6. The van der Waals surface area contributed by atoms with Crippen LogP contribution in [0.5, 0.6) is 5.75 Å². The number of ether oxygens (including phenoxy) is 4. The summed E-state index contributed by atoms with van der Waals surface area (Å²) in [5.74, 6) is -0.388. The van der Waals surface area contributed by atoms with Gasteiger partial charge in [-0.05, 0) is 88.2 Å². The van der Waals surface area contributed by atoms with E-state index in [1.54, 1.807) is 37.4 Å². The Kier molecular flexibility index (Phi) is 21.9. The van der Waals surface area contributed by atoms with Gasteiger partial charge in [0.15, 0.2) is 23.9 Å². The first-order valence-corrected chi connectivity index (χ1v) is 33.7. The molecule has 1 unspecified atom stereocenters. The standard InChI is InChI=1S/C64H88O9SSi2/c1-13-29-57-49(6)58(69-45-50-30-21-17-22-31-50)43-53(72-57)44-59(74(66,67)54-32-23-18-24-33-54)62(65)48(5)42-60(70-46-51-38-40-52(68-12)41-39-51)64(10,11)61(73-75(14-2,15-3)16-4)47-71-76(63(7,8)9,55-34-25-19-26-35-55)56-36-27-20-28-37-56/h13,17-28,30-41,48-49,53,57-61H,1,14-16,29,42-47H2,2-12H3/t48-,49+,53+,57+,58+,59?,60-,61-/m1/s1. The Labute approximate surface area is 459 Å². The average Bonchev–Trinajstić information content (AvgIpc) is 3.44. The molecule has 0 bridgehead atoms. The topological polar surface area (TPSA) is 107 Å². The smallest absolute Gasteiger partial charge is 0.261 e. The van der Waals surface area contributed by atoms with Crippen LogP contribution in [0.1, 0.15) is 106 Å². The molecule has 8 atom stereocenters. The van der Waals surface area contributed by atoms with Gasteiger partial charge in [0.2, 0.25) is 0 Å². The molecule has 1 heterocycles. The number of Topliss-reactive ketones (excluding diaryl/α,β-unsaturated/α-hetero) is 1. The van der Waals surface area contributed by atoms with E-state index in [0.29, 0.717) is 19.4 Å². The van der Waals surface area contributed by atoms with Gasteiger partial charge in [0.1, 0.15) is 11.0 Å². The van der Waals surface area contributed by atoms with E-state index in [1.165, 1.54) is 10.4 Å². The minimum atomic E-state index is -4.21. The zero-order valence-electron chi connectivity index (χ0n) is 47.4. The fourth-order valence-corrected chi connectivity index (χ4v) is 20.7. The Morgan fingerprint density at radius 3 is 1.79 bits per heavy atom. The number of sulfone groups is 1. The molecule has 1 fully saturated rings. The van der Waals surface area contributed by atoms with Gasteiger partial charge in [-0.2, -0.15) is 0 Å². The highest BCUT2D eigenvalue weighted by Gasteiger charge is 2.53. The van der Waals surface area contributed by atoms with Gasteiger partial charge >= 0.3 is 0 Å². The molecule has 76 heavy (non-hydrogen) atoms. The zero-order chi connectivity index (χ0) is 55.2. The van der Waals surface area contributed by atoms with Crippen molar-refractivity contribution in [2.75, 3.05) is 13.7 Å². The number of carbonyl (C=O) groups excluding carboxylic acids is 1. The molecule has 9 nitrogen and oxygen atoms in total. The molecule has 5 aromatic rings. The van der Waals surface area contributed by atoms with Gasteiger partial charge in [0.05, 0.1) is 62.3 Å². The average molecular weight is 1090 g/mol. The van der Waals surface area contributed by atoms with E-state index in [2.05, 4.69) is 130 Å². The second-order valence-corrected chi connectivity index (χ2v) is 33.8. The van der Waals surface area contributed by atoms with Gasteiger partial charge in [0, 0.05) is 23.7 Å². The lowest BCUT2D eigenvalue weighted by Gasteiger charge is -2.48. The van der Waals surface area contributed by atoms with Crippen molar-refractivity contribution in [1.29, 1.82) is 0 Å². The van der Waals surface area contributed by atoms with Gasteiger partial charge in [-0.1, -0.05) is 197 Å². The van der Waals surface area contributed by atoms with Crippen molar-refractivity contribution in [3.63, 3.8) is 0 Å². The SMILES string of the molecule is C=CC[C@@H]1O[C@H](CC(C(=O)[C@H](C)C[C@@H](OCc2ccc(OC)cc2)C(C)(C)[C@@H](CO[Si](c2ccccc2)(c2ccccc2)C(C)(C)C)O[Si](CC)(CC)CC)S(=O)(=O)c2ccccc2)C[C@H](OCc2ccccc2)[C@H]1C. The van der Waals surface area contributed by atoms with Gasteiger partial charge in [-0.3, -0.25) is 4.79 Å². The van der Waals surface area contributed by atoms with Crippen molar-refractivity contribution in [2.24, 2.45) is 17.3 Å². The van der Waals surface area contributed by atoms with E-state index >= 15 is 13.2 Å². The Balaban J connectivity index is 1.41. The van der Waals surface area contributed by atoms with E-state index in [4.69, 9.17) is 27.8 Å². The van der Waals surface area contributed by atoms with Crippen LogP contribution in [0.15, 0.2) is 163 Å². The summed E-state index contributed by atoms with van der Waals surface area (Å²) in [5, 5.41) is 0.657. The van der Waals surface area contributed by atoms with E-state index in [-0.39, 0.29) is 59.9 Å². The van der Waals surface area contributed by atoms with Crippen LogP contribution in [0.25, 0.3) is 0 Å². The van der Waals surface area contributed by atoms with Crippen LogP contribution in [0.4, 0.5) is 0 Å². The summed E-state index contributed by atoms with van der Waals surface area (Å²) < 4.78 is 71.8. The Morgan fingerprint density at radius 2 is 1.28 bits per heavy atom. The summed E-state index contributed by atoms with van der Waals surface area (Å²) >= 11 is 0. The molecular formula is C64H88O9SSi2. The first kappa shape index (κ1) is 60.7. The molecule has 1 aliphatic rings. The summed E-state index contributed by atoms with van der Waals surface area (Å²) in [6.07, 6.45) is 0.884. The molecule has 0 saturated carbocycles. The molecular weight excluding hydrogens is 1000 g/mol. The van der Waals surface area contributed by atoms with Crippen LogP contribution in [0, 0.1) is 17.3 Å². The van der Waals surface area contributed by atoms with Crippen molar-refractivity contribution in [1.82, 2.24) is 0 Å². The van der Waals surface area contributed by atoms with Crippen LogP contribution in [-0.2, 0) is 50.9 Å². The number of ketones is 1. The Morgan fingerprint density at radius 1 is 0.750 bits per heavy atom. The predicted octanol–water partition coefficient (Wildman–Crippen LogP) is 13.4. The van der Waals surface area contributed by atoms with E-state index in [0.717, 1.165) is 35.0 Å². The van der Waals surface area contributed by atoms with Crippen molar-refractivity contribution >= 4 is 42.6 Å². The van der Waals surface area contributed by atoms with E-state index in [9.17, 15) is 0 Å². The summed E-state index contributed by atoms with van der Waals surface area (Å²) in [6.45, 7) is 26.9. The largest absolute Gasteiger partial charge is 0.497 e. The summed E-state index contributed by atoms with van der Waals surface area (Å²) in [7, 11) is -7.99. The predicted molar refractivity (Wildman–Crippen MR) is 314 cm³/mol. The second-order valence-electron chi connectivity index (χ2n) is 22.7. The van der Waals surface area contributed by atoms with Crippen LogP contribution < -0.4 is 15.1 Å². The molecule has 0 aromatic heterocycles.